The number of benzene rings is 1. The van der Waals surface area contributed by atoms with Crippen LogP contribution in [0.3, 0.4) is 0 Å². The Bertz CT molecular complexity index is 302. The Balaban J connectivity index is 2.61. The van der Waals surface area contributed by atoms with E-state index in [1.807, 2.05) is 0 Å². The highest BCUT2D eigenvalue weighted by molar-refractivity contribution is 7.99. The average Bonchev–Trinajstić information content (AvgIpc) is 2.09. The average molecular weight is 202 g/mol. The number of hydrogen-bond acceptors (Lipinski definition) is 2. The van der Waals surface area contributed by atoms with Gasteiger partial charge >= 0.3 is 0 Å². The highest BCUT2D eigenvalue weighted by Crippen LogP contribution is 2.22. The van der Waals surface area contributed by atoms with Crippen LogP contribution in [0.1, 0.15) is 6.42 Å². The molecule has 1 rings (SSSR count). The lowest BCUT2D eigenvalue weighted by atomic mass is 10.3. The third-order valence-electron chi connectivity index (χ3n) is 1.39. The van der Waals surface area contributed by atoms with E-state index in [0.717, 1.165) is 12.4 Å². The van der Waals surface area contributed by atoms with Crippen molar-refractivity contribution in [3.63, 3.8) is 0 Å². The van der Waals surface area contributed by atoms with E-state index >= 15 is 0 Å². The minimum atomic E-state index is -0.586. The van der Waals surface area contributed by atoms with Crippen molar-refractivity contribution >= 4 is 18.0 Å². The number of rotatable bonds is 4. The molecule has 0 atom stereocenters. The third-order valence-corrected chi connectivity index (χ3v) is 2.47. The Morgan fingerprint density at radius 1 is 1.38 bits per heavy atom. The van der Waals surface area contributed by atoms with Gasteiger partial charge in [-0.3, -0.25) is 0 Å². The van der Waals surface area contributed by atoms with E-state index in [4.69, 9.17) is 0 Å². The zero-order valence-corrected chi connectivity index (χ0v) is 7.61. The van der Waals surface area contributed by atoms with Crippen molar-refractivity contribution in [3.05, 3.63) is 29.8 Å². The summed E-state index contributed by atoms with van der Waals surface area (Å²) in [4.78, 5) is 10.3. The Hall–Kier alpha value is -0.900. The van der Waals surface area contributed by atoms with E-state index in [2.05, 4.69) is 0 Å². The predicted octanol–water partition coefficient (Wildman–Crippen LogP) is 2.65. The summed E-state index contributed by atoms with van der Waals surface area (Å²) < 4.78 is 25.4. The monoisotopic (exact) mass is 202 g/mol. The summed E-state index contributed by atoms with van der Waals surface area (Å²) in [5.74, 6) is -0.639. The van der Waals surface area contributed by atoms with Crippen LogP contribution < -0.4 is 0 Å². The fraction of sp³-hybridized carbons (Fsp3) is 0.222. The van der Waals surface area contributed by atoms with Crippen LogP contribution in [-0.2, 0) is 4.79 Å². The number of aldehydes is 1. The van der Waals surface area contributed by atoms with Gasteiger partial charge in [0.05, 0.1) is 0 Å². The largest absolute Gasteiger partial charge is 0.303 e. The molecular weight excluding hydrogens is 194 g/mol. The number of carbonyl (C=O) groups is 1. The quantitative estimate of drug-likeness (QED) is 0.424. The van der Waals surface area contributed by atoms with Crippen LogP contribution in [0.2, 0.25) is 0 Å². The molecule has 0 aliphatic rings. The number of thioether (sulfide) groups is 1. The molecule has 0 saturated heterocycles. The van der Waals surface area contributed by atoms with E-state index in [9.17, 15) is 13.6 Å². The van der Waals surface area contributed by atoms with E-state index in [0.29, 0.717) is 17.1 Å². The second-order valence-corrected chi connectivity index (χ2v) is 3.52. The van der Waals surface area contributed by atoms with Gasteiger partial charge < -0.3 is 4.79 Å². The fourth-order valence-corrected chi connectivity index (χ4v) is 1.60. The Morgan fingerprint density at radius 2 is 2.15 bits per heavy atom. The van der Waals surface area contributed by atoms with Crippen LogP contribution in [-0.4, -0.2) is 12.0 Å². The first-order chi connectivity index (χ1) is 6.24. The molecule has 0 fully saturated rings. The first-order valence-electron chi connectivity index (χ1n) is 3.75. The standard InChI is InChI=1S/C9H8F2OS/c10-7-2-3-9(8(11)6-7)13-5-1-4-12/h2-4,6H,1,5H2. The Labute approximate surface area is 79.1 Å². The zero-order chi connectivity index (χ0) is 9.68. The van der Waals surface area contributed by atoms with E-state index < -0.39 is 11.6 Å². The van der Waals surface area contributed by atoms with Crippen LogP contribution in [0.25, 0.3) is 0 Å². The molecule has 1 aromatic carbocycles. The molecule has 0 radical (unpaired) electrons. The Kier molecular flexibility index (Phi) is 3.89. The molecule has 1 nitrogen and oxygen atoms in total. The fourth-order valence-electron chi connectivity index (χ4n) is 0.809. The lowest BCUT2D eigenvalue weighted by Gasteiger charge is -2.00. The minimum Gasteiger partial charge on any atom is -0.303 e. The van der Waals surface area contributed by atoms with Gasteiger partial charge in [-0.05, 0) is 12.1 Å². The van der Waals surface area contributed by atoms with Crippen molar-refractivity contribution in [1.29, 1.82) is 0 Å². The van der Waals surface area contributed by atoms with Gasteiger partial charge in [0.2, 0.25) is 0 Å². The van der Waals surface area contributed by atoms with Crippen LogP contribution in [0.4, 0.5) is 8.78 Å². The Morgan fingerprint density at radius 3 is 2.77 bits per heavy atom. The highest BCUT2D eigenvalue weighted by Gasteiger charge is 2.03. The van der Waals surface area contributed by atoms with Crippen LogP contribution >= 0.6 is 11.8 Å². The second-order valence-electron chi connectivity index (χ2n) is 2.38. The van der Waals surface area contributed by atoms with E-state index in [-0.39, 0.29) is 0 Å². The summed E-state index contributed by atoms with van der Waals surface area (Å²) in [6.07, 6.45) is 1.15. The van der Waals surface area contributed by atoms with Gasteiger partial charge in [-0.1, -0.05) is 0 Å². The zero-order valence-electron chi connectivity index (χ0n) is 6.80. The summed E-state index contributed by atoms with van der Waals surface area (Å²) in [6.45, 7) is 0. The maximum Gasteiger partial charge on any atom is 0.139 e. The molecular formula is C9H8F2OS. The van der Waals surface area contributed by atoms with Gasteiger partial charge in [0, 0.05) is 23.1 Å². The van der Waals surface area contributed by atoms with Crippen molar-refractivity contribution in [2.75, 3.05) is 5.75 Å². The smallest absolute Gasteiger partial charge is 0.139 e. The van der Waals surface area contributed by atoms with Crippen LogP contribution in [0.5, 0.6) is 0 Å². The molecule has 0 N–H and O–H groups in total. The molecule has 0 amide bonds. The van der Waals surface area contributed by atoms with Crippen molar-refractivity contribution in [1.82, 2.24) is 0 Å². The van der Waals surface area contributed by atoms with E-state index in [1.54, 1.807) is 0 Å². The maximum atomic E-state index is 12.9. The van der Waals surface area contributed by atoms with Gasteiger partial charge in [-0.25, -0.2) is 8.78 Å². The number of hydrogen-bond donors (Lipinski definition) is 0. The first-order valence-corrected chi connectivity index (χ1v) is 4.74. The highest BCUT2D eigenvalue weighted by atomic mass is 32.2. The maximum absolute atomic E-state index is 12.9. The second kappa shape index (κ2) is 4.97. The first kappa shape index (κ1) is 10.2. The molecule has 0 aliphatic heterocycles. The SMILES string of the molecule is O=CCCSc1ccc(F)cc1F. The third kappa shape index (κ3) is 3.14. The molecule has 0 saturated carbocycles. The summed E-state index contributed by atoms with van der Waals surface area (Å²) in [5.41, 5.74) is 0. The van der Waals surface area contributed by atoms with Crippen molar-refractivity contribution in [2.45, 2.75) is 11.3 Å². The number of carbonyl (C=O) groups excluding carboxylic acids is 1. The van der Waals surface area contributed by atoms with Crippen molar-refractivity contribution in [3.8, 4) is 0 Å². The molecule has 0 aromatic heterocycles. The summed E-state index contributed by atoms with van der Waals surface area (Å²) in [6, 6.07) is 3.41. The molecule has 0 aliphatic carbocycles. The van der Waals surface area contributed by atoms with Gasteiger partial charge in [-0.2, -0.15) is 0 Å². The van der Waals surface area contributed by atoms with Crippen LogP contribution in [0.15, 0.2) is 23.1 Å². The molecule has 0 spiro atoms. The van der Waals surface area contributed by atoms with E-state index in [1.165, 1.54) is 23.9 Å². The van der Waals surface area contributed by atoms with Gasteiger partial charge in [0.25, 0.3) is 0 Å². The molecule has 0 heterocycles. The molecule has 4 heteroatoms. The topological polar surface area (TPSA) is 17.1 Å². The summed E-state index contributed by atoms with van der Waals surface area (Å²) in [5, 5.41) is 0. The lowest BCUT2D eigenvalue weighted by Crippen LogP contribution is -1.86. The van der Waals surface area contributed by atoms with Gasteiger partial charge in [-0.15, -0.1) is 11.8 Å². The van der Waals surface area contributed by atoms with Crippen molar-refractivity contribution < 1.29 is 13.6 Å². The molecule has 13 heavy (non-hydrogen) atoms. The molecule has 70 valence electrons. The molecule has 0 unspecified atom stereocenters. The van der Waals surface area contributed by atoms with Gasteiger partial charge in [0.1, 0.15) is 17.9 Å². The minimum absolute atomic E-state index is 0.376. The summed E-state index contributed by atoms with van der Waals surface area (Å²) in [7, 11) is 0. The van der Waals surface area contributed by atoms with Gasteiger partial charge in [0.15, 0.2) is 0 Å². The lowest BCUT2D eigenvalue weighted by molar-refractivity contribution is -0.107. The normalized spacial score (nSPS) is 10.0. The number of halogens is 2. The van der Waals surface area contributed by atoms with Crippen LogP contribution in [0, 0.1) is 11.6 Å². The van der Waals surface area contributed by atoms with Crippen molar-refractivity contribution in [2.24, 2.45) is 0 Å². The summed E-state index contributed by atoms with van der Waals surface area (Å²) >= 11 is 1.21. The predicted molar refractivity (Wildman–Crippen MR) is 47.8 cm³/mol. The molecule has 0 bridgehead atoms. The molecule has 1 aromatic rings.